The highest BCUT2D eigenvalue weighted by Gasteiger charge is 2.19. The van der Waals surface area contributed by atoms with Crippen molar-refractivity contribution in [2.24, 2.45) is 0 Å². The molecular weight excluding hydrogens is 781 g/mol. The Morgan fingerprint density at radius 2 is 0.587 bits per heavy atom. The van der Waals surface area contributed by atoms with E-state index in [1.54, 1.807) is 0 Å². The molecule has 0 rings (SSSR count). The van der Waals surface area contributed by atoms with Crippen LogP contribution in [-0.4, -0.2) is 37.2 Å². The summed E-state index contributed by atoms with van der Waals surface area (Å²) >= 11 is 0. The number of unbranched alkanes of at least 4 members (excludes halogenated alkanes) is 30. The summed E-state index contributed by atoms with van der Waals surface area (Å²) < 4.78 is 16.8. The van der Waals surface area contributed by atoms with Gasteiger partial charge >= 0.3 is 17.9 Å². The summed E-state index contributed by atoms with van der Waals surface area (Å²) in [5, 5.41) is 0. The molecule has 0 aromatic carbocycles. The number of rotatable bonds is 49. The molecule has 6 nitrogen and oxygen atoms in total. The molecule has 0 aliphatic heterocycles. The van der Waals surface area contributed by atoms with Crippen molar-refractivity contribution in [1.29, 1.82) is 0 Å². The molecule has 63 heavy (non-hydrogen) atoms. The molecule has 6 heteroatoms. The summed E-state index contributed by atoms with van der Waals surface area (Å²) in [6.45, 7) is 6.58. The molecule has 0 aliphatic rings. The van der Waals surface area contributed by atoms with Crippen molar-refractivity contribution in [3.63, 3.8) is 0 Å². The molecule has 0 bridgehead atoms. The van der Waals surface area contributed by atoms with Gasteiger partial charge in [0.25, 0.3) is 0 Å². The first kappa shape index (κ1) is 60.4. The number of hydrogen-bond acceptors (Lipinski definition) is 6. The van der Waals surface area contributed by atoms with E-state index >= 15 is 0 Å². The molecule has 0 N–H and O–H groups in total. The van der Waals surface area contributed by atoms with Crippen LogP contribution in [0, 0.1) is 0 Å². The fourth-order valence-electron chi connectivity index (χ4n) is 7.67. The third kappa shape index (κ3) is 50.2. The highest BCUT2D eigenvalue weighted by Crippen LogP contribution is 2.15. The van der Waals surface area contributed by atoms with E-state index in [0.717, 1.165) is 89.9 Å². The number of hydrogen-bond donors (Lipinski definition) is 0. The Morgan fingerprint density at radius 1 is 0.317 bits per heavy atom. The molecule has 0 aromatic heterocycles. The Kier molecular flexibility index (Phi) is 49.8. The first-order valence-corrected chi connectivity index (χ1v) is 27.1. The van der Waals surface area contributed by atoms with Crippen LogP contribution in [-0.2, 0) is 28.6 Å². The lowest BCUT2D eigenvalue weighted by molar-refractivity contribution is -0.167. The zero-order valence-electron chi connectivity index (χ0n) is 41.8. The van der Waals surface area contributed by atoms with Gasteiger partial charge < -0.3 is 14.2 Å². The molecule has 0 fully saturated rings. The van der Waals surface area contributed by atoms with Crippen LogP contribution >= 0.6 is 0 Å². The van der Waals surface area contributed by atoms with Gasteiger partial charge in [0.05, 0.1) is 0 Å². The van der Waals surface area contributed by atoms with E-state index in [1.807, 2.05) is 0 Å². The molecule has 366 valence electrons. The van der Waals surface area contributed by atoms with Gasteiger partial charge in [-0.2, -0.15) is 0 Å². The van der Waals surface area contributed by atoms with Crippen molar-refractivity contribution in [1.82, 2.24) is 0 Å². The van der Waals surface area contributed by atoms with E-state index in [9.17, 15) is 14.4 Å². The highest BCUT2D eigenvalue weighted by molar-refractivity contribution is 5.71. The fourth-order valence-corrected chi connectivity index (χ4v) is 7.67. The molecule has 0 radical (unpaired) electrons. The summed E-state index contributed by atoms with van der Waals surface area (Å²) in [7, 11) is 0. The van der Waals surface area contributed by atoms with E-state index < -0.39 is 6.10 Å². The van der Waals surface area contributed by atoms with E-state index in [0.29, 0.717) is 19.3 Å². The summed E-state index contributed by atoms with van der Waals surface area (Å²) in [6.07, 6.45) is 62.4. The topological polar surface area (TPSA) is 78.9 Å². The van der Waals surface area contributed by atoms with Gasteiger partial charge in [-0.05, 0) is 77.0 Å². The van der Waals surface area contributed by atoms with Crippen molar-refractivity contribution in [3.05, 3.63) is 48.6 Å². The van der Waals surface area contributed by atoms with Crippen LogP contribution in [0.25, 0.3) is 0 Å². The quantitative estimate of drug-likeness (QED) is 0.0262. The van der Waals surface area contributed by atoms with Crippen molar-refractivity contribution in [2.45, 2.75) is 284 Å². The maximum absolute atomic E-state index is 12.8. The first-order chi connectivity index (χ1) is 31.0. The van der Waals surface area contributed by atoms with Crippen LogP contribution in [0.2, 0.25) is 0 Å². The second-order valence-corrected chi connectivity index (χ2v) is 18.1. The zero-order chi connectivity index (χ0) is 45.8. The van der Waals surface area contributed by atoms with Gasteiger partial charge in [0.15, 0.2) is 6.10 Å². The van der Waals surface area contributed by atoms with Crippen LogP contribution in [0.1, 0.15) is 278 Å². The first-order valence-electron chi connectivity index (χ1n) is 27.1. The number of allylic oxidation sites excluding steroid dienone is 8. The minimum absolute atomic E-state index is 0.0767. The van der Waals surface area contributed by atoms with Gasteiger partial charge in [-0.1, -0.05) is 230 Å². The summed E-state index contributed by atoms with van der Waals surface area (Å²) in [5.41, 5.74) is 0. The smallest absolute Gasteiger partial charge is 0.306 e. The molecular formula is C57H102O6. The predicted molar refractivity (Wildman–Crippen MR) is 270 cm³/mol. The van der Waals surface area contributed by atoms with Crippen molar-refractivity contribution >= 4 is 17.9 Å². The minimum atomic E-state index is -0.776. The van der Waals surface area contributed by atoms with Crippen LogP contribution in [0.3, 0.4) is 0 Å². The van der Waals surface area contributed by atoms with Crippen LogP contribution in [0.15, 0.2) is 48.6 Å². The lowest BCUT2D eigenvalue weighted by Gasteiger charge is -2.18. The zero-order valence-corrected chi connectivity index (χ0v) is 41.8. The maximum atomic E-state index is 12.8. The summed E-state index contributed by atoms with van der Waals surface area (Å²) in [6, 6.07) is 0. The molecule has 0 spiro atoms. The van der Waals surface area contributed by atoms with Crippen LogP contribution < -0.4 is 0 Å². The highest BCUT2D eigenvalue weighted by atomic mass is 16.6. The Hall–Kier alpha value is -2.63. The second-order valence-electron chi connectivity index (χ2n) is 18.1. The van der Waals surface area contributed by atoms with Crippen molar-refractivity contribution < 1.29 is 28.6 Å². The van der Waals surface area contributed by atoms with Gasteiger partial charge in [-0.3, -0.25) is 14.4 Å². The molecule has 0 amide bonds. The molecule has 0 saturated heterocycles. The second kappa shape index (κ2) is 52.0. The fraction of sp³-hybridized carbons (Fsp3) is 0.807. The molecule has 1 unspecified atom stereocenters. The van der Waals surface area contributed by atoms with Gasteiger partial charge in [-0.25, -0.2) is 0 Å². The third-order valence-corrected chi connectivity index (χ3v) is 11.8. The average Bonchev–Trinajstić information content (AvgIpc) is 3.28. The number of carbonyl (C=O) groups is 3. The molecule has 1 atom stereocenters. The largest absolute Gasteiger partial charge is 0.462 e. The van der Waals surface area contributed by atoms with E-state index in [-0.39, 0.29) is 31.1 Å². The third-order valence-electron chi connectivity index (χ3n) is 11.8. The average molecular weight is 883 g/mol. The van der Waals surface area contributed by atoms with Gasteiger partial charge in [0, 0.05) is 19.3 Å². The van der Waals surface area contributed by atoms with E-state index in [2.05, 4.69) is 69.4 Å². The lowest BCUT2D eigenvalue weighted by Crippen LogP contribution is -2.30. The monoisotopic (exact) mass is 883 g/mol. The molecule has 0 heterocycles. The minimum Gasteiger partial charge on any atom is -0.462 e. The van der Waals surface area contributed by atoms with E-state index in [4.69, 9.17) is 14.2 Å². The van der Waals surface area contributed by atoms with Crippen molar-refractivity contribution in [3.8, 4) is 0 Å². The Labute approximate surface area is 390 Å². The Balaban J connectivity index is 4.25. The summed E-state index contributed by atoms with van der Waals surface area (Å²) in [5.74, 6) is -0.887. The molecule has 0 aliphatic carbocycles. The SMILES string of the molecule is CCCC/C=C\CCCCCCCC(=O)OC(COC(=O)CCCCCCCCCC/C=C\C/C=C\C/C=C\CCCCCCC)COC(=O)CCCCCCCCCCCCC. The molecule has 0 saturated carbocycles. The van der Waals surface area contributed by atoms with Gasteiger partial charge in [-0.15, -0.1) is 0 Å². The van der Waals surface area contributed by atoms with E-state index in [1.165, 1.54) is 148 Å². The number of carbonyl (C=O) groups excluding carboxylic acids is 3. The Morgan fingerprint density at radius 3 is 0.952 bits per heavy atom. The van der Waals surface area contributed by atoms with Gasteiger partial charge in [0.2, 0.25) is 0 Å². The molecule has 0 aromatic rings. The number of esters is 3. The maximum Gasteiger partial charge on any atom is 0.306 e. The predicted octanol–water partition coefficient (Wildman–Crippen LogP) is 17.9. The standard InChI is InChI=1S/C57H102O6/c1-4-7-10-13-16-19-22-23-24-25-26-27-28-29-30-31-32-33-36-38-41-44-47-50-56(59)62-53-54(63-57(60)51-48-45-42-39-35-21-18-15-12-9-6-3)52-61-55(58)49-46-43-40-37-34-20-17-14-11-8-5-2/h15,18,22-23,25-26,28-29,54H,4-14,16-17,19-21,24,27,30-53H2,1-3H3/b18-15-,23-22-,26-25-,29-28-. The summed E-state index contributed by atoms with van der Waals surface area (Å²) in [4.78, 5) is 37.9. The normalized spacial score (nSPS) is 12.4. The van der Waals surface area contributed by atoms with Crippen LogP contribution in [0.4, 0.5) is 0 Å². The Bertz CT molecular complexity index is 1110. The van der Waals surface area contributed by atoms with Gasteiger partial charge in [0.1, 0.15) is 13.2 Å². The van der Waals surface area contributed by atoms with Crippen LogP contribution in [0.5, 0.6) is 0 Å². The lowest BCUT2D eigenvalue weighted by atomic mass is 10.1. The van der Waals surface area contributed by atoms with Crippen molar-refractivity contribution in [2.75, 3.05) is 13.2 Å². The number of ether oxygens (including phenoxy) is 3.